The van der Waals surface area contributed by atoms with E-state index in [1.54, 1.807) is 18.7 Å². The molecule has 1 saturated heterocycles. The normalized spacial score (nSPS) is 19.9. The topological polar surface area (TPSA) is 77.1 Å². The molecule has 1 aliphatic rings. The van der Waals surface area contributed by atoms with Crippen molar-refractivity contribution >= 4 is 13.8 Å². The zero-order valence-corrected chi connectivity index (χ0v) is 18.7. The van der Waals surface area contributed by atoms with E-state index in [1.165, 1.54) is 0 Å². The maximum atomic E-state index is 13.0. The van der Waals surface area contributed by atoms with Gasteiger partial charge in [0.1, 0.15) is 6.61 Å². The van der Waals surface area contributed by atoms with E-state index in [0.29, 0.717) is 32.2 Å². The second kappa shape index (κ2) is 12.3. The molecule has 0 radical (unpaired) electrons. The van der Waals surface area contributed by atoms with Crippen LogP contribution in [0.5, 0.6) is 0 Å². The fraction of sp³-hybridized carbons (Fsp3) is 0.667. The lowest BCUT2D eigenvalue weighted by Crippen LogP contribution is -2.52. The number of benzene rings is 1. The quantitative estimate of drug-likeness (QED) is 0.503. The first kappa shape index (κ1) is 23.9. The number of carbonyl (C=O) groups is 1. The van der Waals surface area contributed by atoms with Gasteiger partial charge >= 0.3 is 13.8 Å². The molecule has 0 aromatic heterocycles. The number of piperidine rings is 1. The van der Waals surface area contributed by atoms with Crippen LogP contribution in [0.3, 0.4) is 0 Å². The van der Waals surface area contributed by atoms with Crippen LogP contribution in [-0.4, -0.2) is 43.3 Å². The number of carbonyl (C=O) groups excluding carboxylic acids is 1. The molecular formula is C21H35N2O5P. The van der Waals surface area contributed by atoms with E-state index in [4.69, 9.17) is 13.8 Å². The lowest BCUT2D eigenvalue weighted by molar-refractivity contribution is 0.0711. The van der Waals surface area contributed by atoms with Gasteiger partial charge in [-0.1, -0.05) is 50.1 Å². The minimum absolute atomic E-state index is 0.163. The Bertz CT molecular complexity index is 648. The molecule has 164 valence electrons. The molecule has 0 aliphatic carbocycles. The Morgan fingerprint density at radius 3 is 2.48 bits per heavy atom. The smallest absolute Gasteiger partial charge is 0.410 e. The van der Waals surface area contributed by atoms with Gasteiger partial charge in [-0.15, -0.1) is 0 Å². The molecule has 1 fully saturated rings. The van der Waals surface area contributed by atoms with Gasteiger partial charge in [0.05, 0.1) is 13.2 Å². The first-order valence-corrected chi connectivity index (χ1v) is 12.2. The third-order valence-electron chi connectivity index (χ3n) is 5.07. The van der Waals surface area contributed by atoms with Crippen molar-refractivity contribution in [1.29, 1.82) is 0 Å². The van der Waals surface area contributed by atoms with Crippen LogP contribution in [0.25, 0.3) is 0 Å². The first-order chi connectivity index (χ1) is 14.0. The van der Waals surface area contributed by atoms with Crippen molar-refractivity contribution in [2.45, 2.75) is 59.1 Å². The lowest BCUT2D eigenvalue weighted by atomic mass is 9.88. The maximum Gasteiger partial charge on any atom is 0.410 e. The zero-order chi connectivity index (χ0) is 21.1. The number of nitrogens with zero attached hydrogens (tertiary/aromatic N) is 1. The van der Waals surface area contributed by atoms with Crippen LogP contribution in [-0.2, 0) is 25.0 Å². The first-order valence-electron chi connectivity index (χ1n) is 10.6. The summed E-state index contributed by atoms with van der Waals surface area (Å²) >= 11 is 0. The van der Waals surface area contributed by atoms with E-state index in [1.807, 2.05) is 30.3 Å². The fourth-order valence-electron chi connectivity index (χ4n) is 3.59. The van der Waals surface area contributed by atoms with Crippen LogP contribution in [0.2, 0.25) is 0 Å². The van der Waals surface area contributed by atoms with Crippen molar-refractivity contribution < 1.29 is 23.1 Å². The number of nitrogens with one attached hydrogen (secondary N) is 1. The van der Waals surface area contributed by atoms with Crippen molar-refractivity contribution in [2.75, 3.05) is 26.3 Å². The van der Waals surface area contributed by atoms with Crippen molar-refractivity contribution in [2.24, 2.45) is 5.92 Å². The molecule has 1 aromatic rings. The Kier molecular flexibility index (Phi) is 10.2. The molecular weight excluding hydrogens is 391 g/mol. The highest BCUT2D eigenvalue weighted by Gasteiger charge is 2.37. The SMILES string of the molecule is CCCC[C@@H]1CCN(C(=O)OCc2ccccc2)C[C@H]1NP(=O)(OCC)OCC. The molecule has 29 heavy (non-hydrogen) atoms. The summed E-state index contributed by atoms with van der Waals surface area (Å²) in [7, 11) is -3.41. The van der Waals surface area contributed by atoms with Crippen molar-refractivity contribution in [3.05, 3.63) is 35.9 Å². The summed E-state index contributed by atoms with van der Waals surface area (Å²) < 4.78 is 29.3. The maximum absolute atomic E-state index is 13.0. The molecule has 1 heterocycles. The molecule has 2 atom stereocenters. The Morgan fingerprint density at radius 2 is 1.86 bits per heavy atom. The minimum atomic E-state index is -3.41. The van der Waals surface area contributed by atoms with Crippen LogP contribution in [0.1, 0.15) is 52.0 Å². The van der Waals surface area contributed by atoms with Gasteiger partial charge in [-0.3, -0.25) is 9.05 Å². The Balaban J connectivity index is 2.01. The van der Waals surface area contributed by atoms with Gasteiger partial charge in [-0.25, -0.2) is 14.4 Å². The standard InChI is InChI=1S/C21H35N2O5P/c1-4-7-13-19-14-15-23(21(24)26-17-18-11-9-8-10-12-18)16-20(19)22-29(25,27-5-2)28-6-3/h8-12,19-20H,4-7,13-17H2,1-3H3,(H,22,25)/t19-,20-/m1/s1. The van der Waals surface area contributed by atoms with E-state index in [9.17, 15) is 9.36 Å². The molecule has 8 heteroatoms. The lowest BCUT2D eigenvalue weighted by Gasteiger charge is -2.39. The summed E-state index contributed by atoms with van der Waals surface area (Å²) in [5.74, 6) is 0.308. The average molecular weight is 426 g/mol. The van der Waals surface area contributed by atoms with Gasteiger partial charge in [0.2, 0.25) is 0 Å². The molecule has 1 aromatic carbocycles. The third-order valence-corrected chi connectivity index (χ3v) is 6.91. The van der Waals surface area contributed by atoms with Gasteiger partial charge in [0.15, 0.2) is 0 Å². The van der Waals surface area contributed by atoms with E-state index in [0.717, 1.165) is 31.2 Å². The van der Waals surface area contributed by atoms with Crippen LogP contribution in [0, 0.1) is 5.92 Å². The van der Waals surface area contributed by atoms with Gasteiger partial charge in [0.25, 0.3) is 0 Å². The Hall–Kier alpha value is -1.40. The van der Waals surface area contributed by atoms with Crippen LogP contribution in [0.4, 0.5) is 4.79 Å². The summed E-state index contributed by atoms with van der Waals surface area (Å²) in [5.41, 5.74) is 0.950. The molecule has 2 rings (SSSR count). The fourth-order valence-corrected chi connectivity index (χ4v) is 5.19. The van der Waals surface area contributed by atoms with Crippen LogP contribution in [0.15, 0.2) is 30.3 Å². The predicted molar refractivity (Wildman–Crippen MR) is 114 cm³/mol. The van der Waals surface area contributed by atoms with Crippen LogP contribution < -0.4 is 5.09 Å². The number of unbranched alkanes of at least 4 members (excludes halogenated alkanes) is 1. The highest BCUT2D eigenvalue weighted by Crippen LogP contribution is 2.45. The van der Waals surface area contributed by atoms with E-state index in [-0.39, 0.29) is 18.7 Å². The van der Waals surface area contributed by atoms with E-state index >= 15 is 0 Å². The number of hydrogen-bond donors (Lipinski definition) is 1. The predicted octanol–water partition coefficient (Wildman–Crippen LogP) is 4.97. The van der Waals surface area contributed by atoms with Gasteiger partial charge in [-0.05, 0) is 38.2 Å². The monoisotopic (exact) mass is 426 g/mol. The highest BCUT2D eigenvalue weighted by molar-refractivity contribution is 7.51. The zero-order valence-electron chi connectivity index (χ0n) is 17.8. The Morgan fingerprint density at radius 1 is 1.17 bits per heavy atom. The third kappa shape index (κ3) is 7.74. The molecule has 0 unspecified atom stereocenters. The summed E-state index contributed by atoms with van der Waals surface area (Å²) in [6, 6.07) is 9.45. The van der Waals surface area contributed by atoms with Gasteiger partial charge in [0, 0.05) is 19.1 Å². The van der Waals surface area contributed by atoms with Gasteiger partial charge < -0.3 is 9.64 Å². The van der Waals surface area contributed by atoms with E-state index < -0.39 is 7.75 Å². The molecule has 0 spiro atoms. The van der Waals surface area contributed by atoms with Gasteiger partial charge in [-0.2, -0.15) is 0 Å². The molecule has 1 N–H and O–H groups in total. The number of rotatable bonds is 11. The van der Waals surface area contributed by atoms with E-state index in [2.05, 4.69) is 12.0 Å². The van der Waals surface area contributed by atoms with Crippen LogP contribution >= 0.6 is 7.75 Å². The summed E-state index contributed by atoms with van der Waals surface area (Å²) in [6.07, 6.45) is 3.68. The van der Waals surface area contributed by atoms with Crippen molar-refractivity contribution in [3.63, 3.8) is 0 Å². The summed E-state index contributed by atoms with van der Waals surface area (Å²) in [6.45, 7) is 7.61. The van der Waals surface area contributed by atoms with Crippen molar-refractivity contribution in [3.8, 4) is 0 Å². The number of hydrogen-bond acceptors (Lipinski definition) is 5. The molecule has 7 nitrogen and oxygen atoms in total. The Labute approximate surface area is 174 Å². The number of likely N-dealkylation sites (tertiary alicyclic amines) is 1. The molecule has 1 amide bonds. The molecule has 0 bridgehead atoms. The number of ether oxygens (including phenoxy) is 1. The average Bonchev–Trinajstić information content (AvgIpc) is 2.72. The summed E-state index contributed by atoms with van der Waals surface area (Å²) in [5, 5.41) is 3.11. The number of amides is 1. The summed E-state index contributed by atoms with van der Waals surface area (Å²) in [4.78, 5) is 14.3. The highest BCUT2D eigenvalue weighted by atomic mass is 31.2. The second-order valence-electron chi connectivity index (χ2n) is 7.25. The molecule has 0 saturated carbocycles. The molecule has 1 aliphatic heterocycles. The largest absolute Gasteiger partial charge is 0.445 e. The van der Waals surface area contributed by atoms with Crippen molar-refractivity contribution in [1.82, 2.24) is 9.99 Å². The second-order valence-corrected chi connectivity index (χ2v) is 9.02. The minimum Gasteiger partial charge on any atom is -0.445 e.